The summed E-state index contributed by atoms with van der Waals surface area (Å²) in [6.07, 6.45) is 6.52. The van der Waals surface area contributed by atoms with Crippen molar-refractivity contribution in [3.63, 3.8) is 0 Å². The summed E-state index contributed by atoms with van der Waals surface area (Å²) in [6, 6.07) is 12.8. The normalized spacial score (nSPS) is 19.9. The maximum Gasteiger partial charge on any atom is 0.341 e. The lowest BCUT2D eigenvalue weighted by Gasteiger charge is -2.31. The summed E-state index contributed by atoms with van der Waals surface area (Å²) in [5.41, 5.74) is 2.31. The molecule has 0 spiro atoms. The Morgan fingerprint density at radius 3 is 2.78 bits per heavy atom. The predicted molar refractivity (Wildman–Crippen MR) is 110 cm³/mol. The molecule has 2 aromatic carbocycles. The van der Waals surface area contributed by atoms with Crippen LogP contribution in [0.1, 0.15) is 49.9 Å². The first kappa shape index (κ1) is 17.8. The average Bonchev–Trinajstić information content (AvgIpc) is 2.69. The van der Waals surface area contributed by atoms with E-state index < -0.39 is 0 Å². The fraction of sp³-hybridized carbons (Fsp3) is 0.391. The van der Waals surface area contributed by atoms with Gasteiger partial charge in [0.15, 0.2) is 0 Å². The summed E-state index contributed by atoms with van der Waals surface area (Å²) in [7, 11) is 0. The largest absolute Gasteiger partial charge is 0.462 e. The van der Waals surface area contributed by atoms with Crippen LogP contribution in [0.4, 0.5) is 5.69 Å². The fourth-order valence-corrected chi connectivity index (χ4v) is 4.17. The average molecular weight is 362 g/mol. The molecule has 1 saturated carbocycles. The van der Waals surface area contributed by atoms with Crippen LogP contribution in [0.3, 0.4) is 0 Å². The zero-order chi connectivity index (χ0) is 18.8. The number of benzene rings is 2. The zero-order valence-corrected chi connectivity index (χ0v) is 16.0. The van der Waals surface area contributed by atoms with Crippen molar-refractivity contribution < 1.29 is 9.53 Å². The molecule has 1 fully saturated rings. The van der Waals surface area contributed by atoms with Gasteiger partial charge in [-0.3, -0.25) is 4.98 Å². The number of nitrogens with zero attached hydrogens (tertiary/aromatic N) is 1. The molecule has 2 atom stereocenters. The highest BCUT2D eigenvalue weighted by Gasteiger charge is 2.25. The number of carbonyl (C=O) groups is 1. The molecule has 4 heteroatoms. The number of fused-ring (bicyclic) bond motifs is 3. The third-order valence-electron chi connectivity index (χ3n) is 5.70. The minimum atomic E-state index is -0.314. The van der Waals surface area contributed by atoms with Gasteiger partial charge in [-0.1, -0.05) is 56.2 Å². The van der Waals surface area contributed by atoms with Crippen molar-refractivity contribution >= 4 is 33.3 Å². The van der Waals surface area contributed by atoms with Crippen LogP contribution in [0, 0.1) is 5.92 Å². The quantitative estimate of drug-likeness (QED) is 0.488. The van der Waals surface area contributed by atoms with Crippen LogP contribution in [0.5, 0.6) is 0 Å². The van der Waals surface area contributed by atoms with E-state index in [1.165, 1.54) is 19.3 Å². The molecule has 140 valence electrons. The molecule has 4 nitrogen and oxygen atoms in total. The Kier molecular flexibility index (Phi) is 4.97. The van der Waals surface area contributed by atoms with Gasteiger partial charge in [0, 0.05) is 23.0 Å². The zero-order valence-electron chi connectivity index (χ0n) is 16.0. The van der Waals surface area contributed by atoms with Gasteiger partial charge in [-0.05, 0) is 31.1 Å². The standard InChI is InChI=1S/C23H26N2O2/c1-3-27-23(26)19-14-24-21-17-10-6-5-9-16(17)12-13-18(21)22(19)25-20-11-7-4-8-15(20)2/h5-6,9-10,12-15,20H,3-4,7-8,11H2,1-2H3,(H,24,25). The Morgan fingerprint density at radius 1 is 1.15 bits per heavy atom. The molecule has 1 aliphatic rings. The smallest absolute Gasteiger partial charge is 0.341 e. The number of hydrogen-bond donors (Lipinski definition) is 1. The van der Waals surface area contributed by atoms with Crippen LogP contribution < -0.4 is 5.32 Å². The first-order chi connectivity index (χ1) is 13.2. The van der Waals surface area contributed by atoms with Crippen molar-refractivity contribution in [3.05, 3.63) is 48.2 Å². The molecule has 2 unspecified atom stereocenters. The topological polar surface area (TPSA) is 51.2 Å². The van der Waals surface area contributed by atoms with Crippen molar-refractivity contribution in [2.24, 2.45) is 5.92 Å². The Morgan fingerprint density at radius 2 is 1.96 bits per heavy atom. The number of rotatable bonds is 4. The predicted octanol–water partition coefficient (Wildman–Crippen LogP) is 5.56. The molecule has 0 radical (unpaired) electrons. The Labute approximate surface area is 159 Å². The highest BCUT2D eigenvalue weighted by Crippen LogP contribution is 2.34. The lowest BCUT2D eigenvalue weighted by atomic mass is 9.85. The van der Waals surface area contributed by atoms with E-state index in [2.05, 4.69) is 41.5 Å². The summed E-state index contributed by atoms with van der Waals surface area (Å²) in [5.74, 6) is 0.267. The van der Waals surface area contributed by atoms with Gasteiger partial charge in [0.1, 0.15) is 5.56 Å². The van der Waals surface area contributed by atoms with E-state index in [0.29, 0.717) is 24.1 Å². The van der Waals surface area contributed by atoms with E-state index >= 15 is 0 Å². The van der Waals surface area contributed by atoms with Crippen molar-refractivity contribution in [3.8, 4) is 0 Å². The molecule has 0 saturated heterocycles. The molecule has 0 bridgehead atoms. The minimum absolute atomic E-state index is 0.314. The Bertz CT molecular complexity index is 983. The van der Waals surface area contributed by atoms with Crippen molar-refractivity contribution in [1.82, 2.24) is 4.98 Å². The molecule has 0 amide bonds. The number of anilines is 1. The molecular weight excluding hydrogens is 336 g/mol. The van der Waals surface area contributed by atoms with Gasteiger partial charge in [0.05, 0.1) is 17.8 Å². The summed E-state index contributed by atoms with van der Waals surface area (Å²) in [5, 5.41) is 6.94. The number of ether oxygens (including phenoxy) is 1. The molecular formula is C23H26N2O2. The number of esters is 1. The molecule has 1 aromatic heterocycles. The first-order valence-electron chi connectivity index (χ1n) is 9.93. The monoisotopic (exact) mass is 362 g/mol. The molecule has 3 aromatic rings. The number of aromatic nitrogens is 1. The third kappa shape index (κ3) is 3.36. The fourth-order valence-electron chi connectivity index (χ4n) is 4.17. The van der Waals surface area contributed by atoms with Gasteiger partial charge in [0.25, 0.3) is 0 Å². The number of pyridine rings is 1. The summed E-state index contributed by atoms with van der Waals surface area (Å²) in [4.78, 5) is 17.2. The number of hydrogen-bond acceptors (Lipinski definition) is 4. The van der Waals surface area contributed by atoms with Crippen LogP contribution in [-0.4, -0.2) is 23.6 Å². The van der Waals surface area contributed by atoms with Gasteiger partial charge in [-0.2, -0.15) is 0 Å². The maximum absolute atomic E-state index is 12.6. The van der Waals surface area contributed by atoms with Crippen LogP contribution >= 0.6 is 0 Å². The van der Waals surface area contributed by atoms with Crippen LogP contribution in [0.15, 0.2) is 42.6 Å². The minimum Gasteiger partial charge on any atom is -0.462 e. The Balaban J connectivity index is 1.88. The highest BCUT2D eigenvalue weighted by atomic mass is 16.5. The number of nitrogens with one attached hydrogen (secondary N) is 1. The molecule has 4 rings (SSSR count). The van der Waals surface area contributed by atoms with Crippen LogP contribution in [0.2, 0.25) is 0 Å². The first-order valence-corrected chi connectivity index (χ1v) is 9.93. The van der Waals surface area contributed by atoms with E-state index in [-0.39, 0.29) is 5.97 Å². The summed E-state index contributed by atoms with van der Waals surface area (Å²) >= 11 is 0. The van der Waals surface area contributed by atoms with Gasteiger partial charge in [-0.15, -0.1) is 0 Å². The lowest BCUT2D eigenvalue weighted by Crippen LogP contribution is -2.31. The summed E-state index contributed by atoms with van der Waals surface area (Å²) < 4.78 is 5.30. The lowest BCUT2D eigenvalue weighted by molar-refractivity contribution is 0.0527. The molecule has 1 N–H and O–H groups in total. The van der Waals surface area contributed by atoms with E-state index in [9.17, 15) is 4.79 Å². The SMILES string of the molecule is CCOC(=O)c1cnc2c(ccc3ccccc32)c1NC1CCCCC1C. The van der Waals surface area contributed by atoms with E-state index in [1.807, 2.05) is 19.1 Å². The van der Waals surface area contributed by atoms with Crippen LogP contribution in [-0.2, 0) is 4.74 Å². The second-order valence-corrected chi connectivity index (χ2v) is 7.46. The van der Waals surface area contributed by atoms with Gasteiger partial charge < -0.3 is 10.1 Å². The van der Waals surface area contributed by atoms with Crippen molar-refractivity contribution in [2.75, 3.05) is 11.9 Å². The Hall–Kier alpha value is -2.62. The van der Waals surface area contributed by atoms with Gasteiger partial charge in [-0.25, -0.2) is 4.79 Å². The second-order valence-electron chi connectivity index (χ2n) is 7.46. The number of carbonyl (C=O) groups excluding carboxylic acids is 1. The molecule has 1 heterocycles. The van der Waals surface area contributed by atoms with E-state index in [4.69, 9.17) is 4.74 Å². The second kappa shape index (κ2) is 7.55. The molecule has 0 aliphatic heterocycles. The maximum atomic E-state index is 12.6. The molecule has 27 heavy (non-hydrogen) atoms. The van der Waals surface area contributed by atoms with Gasteiger partial charge in [0.2, 0.25) is 0 Å². The molecule has 1 aliphatic carbocycles. The highest BCUT2D eigenvalue weighted by molar-refractivity contribution is 6.13. The van der Waals surface area contributed by atoms with E-state index in [0.717, 1.165) is 33.8 Å². The van der Waals surface area contributed by atoms with Crippen molar-refractivity contribution in [1.29, 1.82) is 0 Å². The third-order valence-corrected chi connectivity index (χ3v) is 5.70. The summed E-state index contributed by atoms with van der Waals surface area (Å²) in [6.45, 7) is 4.48. The van der Waals surface area contributed by atoms with Crippen molar-refractivity contribution in [2.45, 2.75) is 45.6 Å². The van der Waals surface area contributed by atoms with Gasteiger partial charge >= 0.3 is 5.97 Å². The van der Waals surface area contributed by atoms with E-state index in [1.54, 1.807) is 6.20 Å². The van der Waals surface area contributed by atoms with Crippen LogP contribution in [0.25, 0.3) is 21.7 Å².